The average molecular weight is 269 g/mol. The number of rotatable bonds is 6. The summed E-state index contributed by atoms with van der Waals surface area (Å²) in [6.45, 7) is 2.06. The minimum atomic E-state index is -0.449. The van der Waals surface area contributed by atoms with Gasteiger partial charge in [0, 0.05) is 12.2 Å². The number of methoxy groups -OCH3 is 1. The van der Waals surface area contributed by atoms with Gasteiger partial charge in [0.1, 0.15) is 5.82 Å². The number of nitrogens with two attached hydrogens (primary N) is 1. The first-order valence-electron chi connectivity index (χ1n) is 5.68. The molecule has 1 rings (SSSR count). The molecular weight excluding hydrogens is 250 g/mol. The predicted molar refractivity (Wildman–Crippen MR) is 76.1 cm³/mol. The van der Waals surface area contributed by atoms with E-state index in [1.54, 1.807) is 24.0 Å². The SMILES string of the molecule is COC(=O)c1ccnc(NC(C)CCSC)c1N. The van der Waals surface area contributed by atoms with Gasteiger partial charge in [-0.2, -0.15) is 11.8 Å². The molecule has 0 bridgehead atoms. The van der Waals surface area contributed by atoms with Gasteiger partial charge in [0.2, 0.25) is 0 Å². The van der Waals surface area contributed by atoms with Crippen LogP contribution in [0, 0.1) is 0 Å². The van der Waals surface area contributed by atoms with Crippen LogP contribution in [0.15, 0.2) is 12.3 Å². The van der Waals surface area contributed by atoms with E-state index in [-0.39, 0.29) is 6.04 Å². The summed E-state index contributed by atoms with van der Waals surface area (Å²) in [7, 11) is 1.33. The van der Waals surface area contributed by atoms with Gasteiger partial charge in [-0.3, -0.25) is 0 Å². The highest BCUT2D eigenvalue weighted by Crippen LogP contribution is 2.21. The van der Waals surface area contributed by atoms with Crippen LogP contribution in [0.5, 0.6) is 0 Å². The van der Waals surface area contributed by atoms with Crippen molar-refractivity contribution < 1.29 is 9.53 Å². The topological polar surface area (TPSA) is 77.2 Å². The summed E-state index contributed by atoms with van der Waals surface area (Å²) in [5, 5.41) is 3.21. The Kier molecular flexibility index (Phi) is 5.77. The summed E-state index contributed by atoms with van der Waals surface area (Å²) in [5.74, 6) is 1.14. The summed E-state index contributed by atoms with van der Waals surface area (Å²) in [6.07, 6.45) is 4.62. The second-order valence-electron chi connectivity index (χ2n) is 3.94. The number of nitrogen functional groups attached to an aromatic ring is 1. The van der Waals surface area contributed by atoms with Crippen LogP contribution in [-0.2, 0) is 4.74 Å². The predicted octanol–water partition coefficient (Wildman–Crippen LogP) is 2.00. The van der Waals surface area contributed by atoms with Crippen molar-refractivity contribution in [3.63, 3.8) is 0 Å². The quantitative estimate of drug-likeness (QED) is 0.769. The van der Waals surface area contributed by atoms with E-state index < -0.39 is 5.97 Å². The van der Waals surface area contributed by atoms with Gasteiger partial charge in [-0.1, -0.05) is 0 Å². The maximum atomic E-state index is 11.5. The Morgan fingerprint density at radius 1 is 1.67 bits per heavy atom. The number of ether oxygens (including phenoxy) is 1. The Morgan fingerprint density at radius 2 is 2.39 bits per heavy atom. The average Bonchev–Trinajstić information content (AvgIpc) is 2.38. The fourth-order valence-corrected chi connectivity index (χ4v) is 2.07. The summed E-state index contributed by atoms with van der Waals surface area (Å²) >= 11 is 1.79. The number of nitrogens with one attached hydrogen (secondary N) is 1. The largest absolute Gasteiger partial charge is 0.465 e. The molecule has 0 saturated heterocycles. The number of nitrogens with zero attached hydrogens (tertiary/aromatic N) is 1. The van der Waals surface area contributed by atoms with E-state index in [0.717, 1.165) is 12.2 Å². The zero-order valence-electron chi connectivity index (χ0n) is 10.9. The van der Waals surface area contributed by atoms with Gasteiger partial charge in [-0.15, -0.1) is 0 Å². The first-order valence-corrected chi connectivity index (χ1v) is 7.07. The van der Waals surface area contributed by atoms with E-state index in [2.05, 4.69) is 28.2 Å². The van der Waals surface area contributed by atoms with E-state index in [1.165, 1.54) is 7.11 Å². The summed E-state index contributed by atoms with van der Waals surface area (Å²) < 4.78 is 4.66. The van der Waals surface area contributed by atoms with Crippen LogP contribution in [0.1, 0.15) is 23.7 Å². The maximum absolute atomic E-state index is 11.5. The molecule has 0 saturated carbocycles. The number of hydrogen-bond donors (Lipinski definition) is 2. The first kappa shape index (κ1) is 14.6. The highest BCUT2D eigenvalue weighted by Gasteiger charge is 2.14. The minimum Gasteiger partial charge on any atom is -0.465 e. The molecule has 1 aromatic heterocycles. The van der Waals surface area contributed by atoms with E-state index in [1.807, 2.05) is 0 Å². The molecule has 5 nitrogen and oxygen atoms in total. The van der Waals surface area contributed by atoms with E-state index >= 15 is 0 Å². The normalized spacial score (nSPS) is 11.9. The zero-order valence-corrected chi connectivity index (χ0v) is 11.7. The number of carbonyl (C=O) groups excluding carboxylic acids is 1. The molecule has 0 spiro atoms. The van der Waals surface area contributed by atoms with Crippen molar-refractivity contribution in [3.05, 3.63) is 17.8 Å². The summed E-state index contributed by atoms with van der Waals surface area (Å²) in [4.78, 5) is 15.6. The number of aromatic nitrogens is 1. The monoisotopic (exact) mass is 269 g/mol. The lowest BCUT2D eigenvalue weighted by atomic mass is 10.2. The second-order valence-corrected chi connectivity index (χ2v) is 4.92. The van der Waals surface area contributed by atoms with Crippen LogP contribution in [-0.4, -0.2) is 36.1 Å². The Hall–Kier alpha value is -1.43. The number of carbonyl (C=O) groups is 1. The van der Waals surface area contributed by atoms with Crippen molar-refractivity contribution in [1.29, 1.82) is 0 Å². The van der Waals surface area contributed by atoms with Gasteiger partial charge in [0.05, 0.1) is 18.4 Å². The molecule has 18 heavy (non-hydrogen) atoms. The van der Waals surface area contributed by atoms with Crippen molar-refractivity contribution in [2.24, 2.45) is 0 Å². The van der Waals surface area contributed by atoms with E-state index in [9.17, 15) is 4.79 Å². The van der Waals surface area contributed by atoms with Gasteiger partial charge in [-0.25, -0.2) is 9.78 Å². The molecule has 3 N–H and O–H groups in total. The fraction of sp³-hybridized carbons (Fsp3) is 0.500. The molecule has 100 valence electrons. The lowest BCUT2D eigenvalue weighted by Crippen LogP contribution is -2.19. The fourth-order valence-electron chi connectivity index (χ4n) is 1.48. The lowest BCUT2D eigenvalue weighted by Gasteiger charge is -2.16. The number of esters is 1. The number of pyridine rings is 1. The molecule has 0 aliphatic rings. The molecule has 0 fully saturated rings. The van der Waals surface area contributed by atoms with Gasteiger partial charge >= 0.3 is 5.97 Å². The van der Waals surface area contributed by atoms with Crippen LogP contribution in [0.3, 0.4) is 0 Å². The van der Waals surface area contributed by atoms with Crippen LogP contribution in [0.4, 0.5) is 11.5 Å². The van der Waals surface area contributed by atoms with Crippen molar-refractivity contribution in [2.75, 3.05) is 30.2 Å². The highest BCUT2D eigenvalue weighted by atomic mass is 32.2. The van der Waals surface area contributed by atoms with E-state index in [4.69, 9.17) is 5.73 Å². The number of thioether (sulfide) groups is 1. The summed E-state index contributed by atoms with van der Waals surface area (Å²) in [5.41, 5.74) is 6.58. The molecule has 0 aromatic carbocycles. The molecule has 0 radical (unpaired) electrons. The zero-order chi connectivity index (χ0) is 13.5. The van der Waals surface area contributed by atoms with Crippen LogP contribution >= 0.6 is 11.8 Å². The molecule has 1 atom stereocenters. The summed E-state index contributed by atoms with van der Waals surface area (Å²) in [6, 6.07) is 1.80. The molecule has 0 amide bonds. The number of anilines is 2. The molecule has 1 aromatic rings. The first-order chi connectivity index (χ1) is 8.60. The Bertz CT molecular complexity index is 412. The Balaban J connectivity index is 2.80. The van der Waals surface area contributed by atoms with Crippen molar-refractivity contribution in [2.45, 2.75) is 19.4 Å². The van der Waals surface area contributed by atoms with Crippen LogP contribution < -0.4 is 11.1 Å². The third-order valence-electron chi connectivity index (χ3n) is 2.53. The smallest absolute Gasteiger partial charge is 0.340 e. The Morgan fingerprint density at radius 3 is 3.00 bits per heavy atom. The second kappa shape index (κ2) is 7.10. The molecule has 0 aliphatic carbocycles. The van der Waals surface area contributed by atoms with Crippen molar-refractivity contribution in [1.82, 2.24) is 4.98 Å². The van der Waals surface area contributed by atoms with Crippen LogP contribution in [0.2, 0.25) is 0 Å². The number of hydrogen-bond acceptors (Lipinski definition) is 6. The standard InChI is InChI=1S/C12H19N3O2S/c1-8(5-7-18-3)15-11-10(13)9(4-6-14-11)12(16)17-2/h4,6,8H,5,7,13H2,1-3H3,(H,14,15). The molecule has 1 heterocycles. The molecular formula is C12H19N3O2S. The molecule has 1 unspecified atom stereocenters. The van der Waals surface area contributed by atoms with Gasteiger partial charge in [0.25, 0.3) is 0 Å². The third-order valence-corrected chi connectivity index (χ3v) is 3.18. The molecule has 0 aliphatic heterocycles. The van der Waals surface area contributed by atoms with Gasteiger partial charge in [0.15, 0.2) is 0 Å². The highest BCUT2D eigenvalue weighted by molar-refractivity contribution is 7.98. The van der Waals surface area contributed by atoms with Crippen molar-refractivity contribution in [3.8, 4) is 0 Å². The van der Waals surface area contributed by atoms with E-state index in [0.29, 0.717) is 17.1 Å². The Labute approximate surface area is 111 Å². The van der Waals surface area contributed by atoms with Crippen molar-refractivity contribution >= 4 is 29.2 Å². The minimum absolute atomic E-state index is 0.250. The van der Waals surface area contributed by atoms with Gasteiger partial charge in [-0.05, 0) is 31.4 Å². The maximum Gasteiger partial charge on any atom is 0.340 e. The molecule has 6 heteroatoms. The van der Waals surface area contributed by atoms with Gasteiger partial charge < -0.3 is 15.8 Å². The van der Waals surface area contributed by atoms with Crippen LogP contribution in [0.25, 0.3) is 0 Å². The lowest BCUT2D eigenvalue weighted by molar-refractivity contribution is 0.0602. The third kappa shape index (κ3) is 3.80.